The van der Waals surface area contributed by atoms with Crippen LogP contribution in [0.3, 0.4) is 0 Å². The quantitative estimate of drug-likeness (QED) is 0.713. The summed E-state index contributed by atoms with van der Waals surface area (Å²) in [4.78, 5) is 26.6. The van der Waals surface area contributed by atoms with Gasteiger partial charge in [0.1, 0.15) is 11.5 Å². The van der Waals surface area contributed by atoms with Gasteiger partial charge in [-0.05, 0) is 24.1 Å². The van der Waals surface area contributed by atoms with E-state index >= 15 is 0 Å². The van der Waals surface area contributed by atoms with Gasteiger partial charge in [-0.1, -0.05) is 12.1 Å². The van der Waals surface area contributed by atoms with E-state index in [-0.39, 0.29) is 24.2 Å². The fourth-order valence-electron chi connectivity index (χ4n) is 3.24. The Hall–Kier alpha value is -3.22. The highest BCUT2D eigenvalue weighted by Crippen LogP contribution is 2.32. The summed E-state index contributed by atoms with van der Waals surface area (Å²) in [6.07, 6.45) is 0.900. The van der Waals surface area contributed by atoms with Gasteiger partial charge in [0.2, 0.25) is 11.8 Å². The van der Waals surface area contributed by atoms with Gasteiger partial charge in [0, 0.05) is 43.4 Å². The van der Waals surface area contributed by atoms with Crippen LogP contribution in [0.15, 0.2) is 42.5 Å². The van der Waals surface area contributed by atoms with Crippen molar-refractivity contribution in [3.05, 3.63) is 48.0 Å². The molecule has 1 aliphatic rings. The molecule has 0 aliphatic carbocycles. The fourth-order valence-corrected chi connectivity index (χ4v) is 3.24. The molecular weight excluding hydrogens is 358 g/mol. The number of nitrogen functional groups attached to an aromatic ring is 1. The highest BCUT2D eigenvalue weighted by Gasteiger charge is 2.35. The minimum absolute atomic E-state index is 0.0889. The molecule has 0 spiro atoms. The molecule has 1 unspecified atom stereocenters. The number of anilines is 2. The Balaban J connectivity index is 1.59. The average Bonchev–Trinajstić information content (AvgIpc) is 3.10. The van der Waals surface area contributed by atoms with E-state index < -0.39 is 0 Å². The number of nitrogens with two attached hydrogens (primary N) is 1. The number of ether oxygens (including phenoxy) is 2. The number of carbonyl (C=O) groups is 2. The number of methoxy groups -OCH3 is 2. The van der Waals surface area contributed by atoms with Crippen molar-refractivity contribution in [3.8, 4) is 11.5 Å². The smallest absolute Gasteiger partial charge is 0.227 e. The molecule has 0 saturated carbocycles. The third-order valence-corrected chi connectivity index (χ3v) is 4.84. The third kappa shape index (κ3) is 4.54. The Morgan fingerprint density at radius 2 is 1.79 bits per heavy atom. The van der Waals surface area contributed by atoms with Crippen molar-refractivity contribution in [2.24, 2.45) is 5.92 Å². The lowest BCUT2D eigenvalue weighted by atomic mass is 10.1. The van der Waals surface area contributed by atoms with Crippen LogP contribution in [0.5, 0.6) is 11.5 Å². The average molecular weight is 383 g/mol. The molecule has 28 heavy (non-hydrogen) atoms. The highest BCUT2D eigenvalue weighted by atomic mass is 16.5. The van der Waals surface area contributed by atoms with Crippen LogP contribution in [0.4, 0.5) is 11.4 Å². The largest absolute Gasteiger partial charge is 0.497 e. The first-order valence-electron chi connectivity index (χ1n) is 9.15. The molecule has 7 heteroatoms. The summed E-state index contributed by atoms with van der Waals surface area (Å²) in [7, 11) is 3.11. The summed E-state index contributed by atoms with van der Waals surface area (Å²) >= 11 is 0. The summed E-state index contributed by atoms with van der Waals surface area (Å²) in [5.41, 5.74) is 8.15. The van der Waals surface area contributed by atoms with E-state index in [2.05, 4.69) is 5.32 Å². The van der Waals surface area contributed by atoms with E-state index in [4.69, 9.17) is 15.2 Å². The van der Waals surface area contributed by atoms with E-state index in [1.807, 2.05) is 24.3 Å². The molecule has 1 saturated heterocycles. The maximum absolute atomic E-state index is 12.5. The maximum atomic E-state index is 12.5. The zero-order chi connectivity index (χ0) is 20.1. The maximum Gasteiger partial charge on any atom is 0.227 e. The van der Waals surface area contributed by atoms with Gasteiger partial charge in [-0.25, -0.2) is 0 Å². The molecule has 0 aromatic heterocycles. The van der Waals surface area contributed by atoms with Crippen LogP contribution in [0.25, 0.3) is 0 Å². The van der Waals surface area contributed by atoms with Crippen molar-refractivity contribution in [3.63, 3.8) is 0 Å². The molecule has 2 aromatic carbocycles. The summed E-state index contributed by atoms with van der Waals surface area (Å²) in [5.74, 6) is 0.614. The van der Waals surface area contributed by atoms with E-state index in [0.29, 0.717) is 42.4 Å². The summed E-state index contributed by atoms with van der Waals surface area (Å²) in [5, 5.41) is 2.93. The fraction of sp³-hybridized carbons (Fsp3) is 0.333. The molecule has 2 aromatic rings. The number of nitrogens with one attached hydrogen (secondary N) is 1. The normalized spacial score (nSPS) is 16.1. The van der Waals surface area contributed by atoms with E-state index in [1.54, 1.807) is 37.3 Å². The van der Waals surface area contributed by atoms with Gasteiger partial charge in [-0.2, -0.15) is 0 Å². The number of rotatable bonds is 7. The zero-order valence-electron chi connectivity index (χ0n) is 16.1. The van der Waals surface area contributed by atoms with Crippen molar-refractivity contribution < 1.29 is 19.1 Å². The van der Waals surface area contributed by atoms with E-state index in [0.717, 1.165) is 5.56 Å². The molecule has 3 N–H and O–H groups in total. The molecule has 2 amide bonds. The van der Waals surface area contributed by atoms with E-state index in [9.17, 15) is 9.59 Å². The van der Waals surface area contributed by atoms with Gasteiger partial charge in [0.05, 0.1) is 25.8 Å². The van der Waals surface area contributed by atoms with Crippen molar-refractivity contribution in [1.29, 1.82) is 0 Å². The molecule has 0 bridgehead atoms. The second kappa shape index (κ2) is 8.65. The molecule has 1 aliphatic heterocycles. The zero-order valence-corrected chi connectivity index (χ0v) is 16.1. The summed E-state index contributed by atoms with van der Waals surface area (Å²) in [6.45, 7) is 0.850. The van der Waals surface area contributed by atoms with Crippen LogP contribution in [0.2, 0.25) is 0 Å². The summed E-state index contributed by atoms with van der Waals surface area (Å²) in [6, 6.07) is 12.8. The van der Waals surface area contributed by atoms with Crippen LogP contribution >= 0.6 is 0 Å². The predicted octanol–water partition coefficient (Wildman–Crippen LogP) is 2.00. The van der Waals surface area contributed by atoms with E-state index in [1.165, 1.54) is 0 Å². The molecule has 0 radical (unpaired) electrons. The van der Waals surface area contributed by atoms with Crippen LogP contribution in [-0.4, -0.2) is 39.1 Å². The molecule has 1 atom stereocenters. The second-order valence-electron chi connectivity index (χ2n) is 6.76. The number of amides is 2. The third-order valence-electron chi connectivity index (χ3n) is 4.84. The van der Waals surface area contributed by atoms with Crippen LogP contribution < -0.4 is 25.4 Å². The monoisotopic (exact) mass is 383 g/mol. The van der Waals surface area contributed by atoms with Crippen LogP contribution in [-0.2, 0) is 16.0 Å². The molecule has 3 rings (SSSR count). The Morgan fingerprint density at radius 3 is 2.39 bits per heavy atom. The number of nitrogens with zero attached hydrogens (tertiary/aromatic N) is 1. The van der Waals surface area contributed by atoms with Crippen molar-refractivity contribution in [1.82, 2.24) is 5.32 Å². The Morgan fingerprint density at radius 1 is 1.14 bits per heavy atom. The van der Waals surface area contributed by atoms with Gasteiger partial charge in [-0.3, -0.25) is 9.59 Å². The van der Waals surface area contributed by atoms with Crippen molar-refractivity contribution in [2.75, 3.05) is 37.9 Å². The molecule has 7 nitrogen and oxygen atoms in total. The lowest BCUT2D eigenvalue weighted by Crippen LogP contribution is -2.34. The standard InChI is InChI=1S/C21H25N3O4/c1-27-18-10-17(11-19(12-18)28-2)24-13-15(9-20(24)25)21(26)23-8-7-14-3-5-16(22)6-4-14/h3-6,10-12,15H,7-9,13,22H2,1-2H3,(H,23,26). The first-order valence-corrected chi connectivity index (χ1v) is 9.15. The molecule has 148 valence electrons. The summed E-state index contributed by atoms with van der Waals surface area (Å²) < 4.78 is 10.5. The van der Waals surface area contributed by atoms with Crippen LogP contribution in [0, 0.1) is 5.92 Å². The highest BCUT2D eigenvalue weighted by molar-refractivity contribution is 6.00. The number of hydrogen-bond acceptors (Lipinski definition) is 5. The van der Waals surface area contributed by atoms with Gasteiger partial charge < -0.3 is 25.4 Å². The lowest BCUT2D eigenvalue weighted by Gasteiger charge is -2.18. The Labute approximate surface area is 164 Å². The Bertz CT molecular complexity index is 829. The van der Waals surface area contributed by atoms with Crippen molar-refractivity contribution in [2.45, 2.75) is 12.8 Å². The van der Waals surface area contributed by atoms with Crippen LogP contribution in [0.1, 0.15) is 12.0 Å². The molecule has 1 fully saturated rings. The number of hydrogen-bond donors (Lipinski definition) is 2. The molecular formula is C21H25N3O4. The minimum atomic E-state index is -0.379. The van der Waals surface area contributed by atoms with Gasteiger partial charge in [-0.15, -0.1) is 0 Å². The first kappa shape index (κ1) is 19.5. The topological polar surface area (TPSA) is 93.9 Å². The Kier molecular flexibility index (Phi) is 6.03. The van der Waals surface area contributed by atoms with Gasteiger partial charge in [0.15, 0.2) is 0 Å². The lowest BCUT2D eigenvalue weighted by molar-refractivity contribution is -0.126. The van der Waals surface area contributed by atoms with Gasteiger partial charge >= 0.3 is 0 Å². The number of benzene rings is 2. The SMILES string of the molecule is COc1cc(OC)cc(N2CC(C(=O)NCCc3ccc(N)cc3)CC2=O)c1. The minimum Gasteiger partial charge on any atom is -0.497 e. The molecule has 1 heterocycles. The second-order valence-corrected chi connectivity index (χ2v) is 6.76. The van der Waals surface area contributed by atoms with Gasteiger partial charge in [0.25, 0.3) is 0 Å². The van der Waals surface area contributed by atoms with Crippen molar-refractivity contribution >= 4 is 23.2 Å². The first-order chi connectivity index (χ1) is 13.5. The predicted molar refractivity (Wildman–Crippen MR) is 108 cm³/mol. The number of carbonyl (C=O) groups excluding carboxylic acids is 2.